The topological polar surface area (TPSA) is 72.9 Å². The molecule has 2 amide bonds. The number of nitrogens with one attached hydrogen (secondary N) is 1. The quantitative estimate of drug-likeness (QED) is 0.854. The smallest absolute Gasteiger partial charge is 0.317 e. The summed E-state index contributed by atoms with van der Waals surface area (Å²) in [6.45, 7) is 3.28. The van der Waals surface area contributed by atoms with E-state index >= 15 is 0 Å². The lowest BCUT2D eigenvalue weighted by Gasteiger charge is -2.21. The van der Waals surface area contributed by atoms with Crippen LogP contribution in [0.3, 0.4) is 0 Å². The van der Waals surface area contributed by atoms with Gasteiger partial charge in [0, 0.05) is 32.7 Å². The number of aliphatic carboxylic acids is 1. The van der Waals surface area contributed by atoms with Crippen LogP contribution in [0.1, 0.15) is 12.0 Å². The predicted molar refractivity (Wildman–Crippen MR) is 81.7 cm³/mol. The van der Waals surface area contributed by atoms with Crippen molar-refractivity contribution in [1.29, 1.82) is 0 Å². The summed E-state index contributed by atoms with van der Waals surface area (Å²) >= 11 is 1.66. The fourth-order valence-corrected chi connectivity index (χ4v) is 3.09. The predicted octanol–water partition coefficient (Wildman–Crippen LogP) is 1.09. The minimum Gasteiger partial charge on any atom is -0.480 e. The number of carbonyl (C=O) groups is 2. The monoisotopic (exact) mass is 311 g/mol. The van der Waals surface area contributed by atoms with Gasteiger partial charge in [-0.25, -0.2) is 4.79 Å². The van der Waals surface area contributed by atoms with E-state index in [-0.39, 0.29) is 12.6 Å². The SMILES string of the molecule is O=C(O)CN1CCCN(C(=O)NCCc2ccsc2)CC1. The molecule has 116 valence electrons. The Morgan fingerprint density at radius 1 is 1.29 bits per heavy atom. The van der Waals surface area contributed by atoms with Crippen molar-refractivity contribution in [3.05, 3.63) is 22.4 Å². The number of nitrogens with zero attached hydrogens (tertiary/aromatic N) is 2. The van der Waals surface area contributed by atoms with Gasteiger partial charge in [-0.3, -0.25) is 9.69 Å². The summed E-state index contributed by atoms with van der Waals surface area (Å²) in [4.78, 5) is 26.5. The zero-order chi connectivity index (χ0) is 15.1. The first-order valence-electron chi connectivity index (χ1n) is 7.13. The van der Waals surface area contributed by atoms with Crippen LogP contribution in [0.25, 0.3) is 0 Å². The summed E-state index contributed by atoms with van der Waals surface area (Å²) in [7, 11) is 0. The molecule has 1 saturated heterocycles. The molecule has 0 radical (unpaired) electrons. The van der Waals surface area contributed by atoms with Gasteiger partial charge in [-0.05, 0) is 35.2 Å². The maximum Gasteiger partial charge on any atom is 0.317 e. The Kier molecular flexibility index (Phi) is 6.01. The maximum absolute atomic E-state index is 12.1. The molecule has 1 aromatic heterocycles. The number of rotatable bonds is 5. The van der Waals surface area contributed by atoms with Crippen molar-refractivity contribution in [2.45, 2.75) is 12.8 Å². The first kappa shape index (κ1) is 15.8. The van der Waals surface area contributed by atoms with E-state index in [2.05, 4.69) is 16.8 Å². The zero-order valence-corrected chi connectivity index (χ0v) is 12.8. The van der Waals surface area contributed by atoms with Crippen molar-refractivity contribution in [3.63, 3.8) is 0 Å². The van der Waals surface area contributed by atoms with E-state index in [9.17, 15) is 9.59 Å². The molecule has 1 aromatic rings. The van der Waals surface area contributed by atoms with Gasteiger partial charge in [-0.1, -0.05) is 0 Å². The molecule has 6 nitrogen and oxygen atoms in total. The van der Waals surface area contributed by atoms with Crippen LogP contribution < -0.4 is 5.32 Å². The van der Waals surface area contributed by atoms with Gasteiger partial charge in [0.05, 0.1) is 6.54 Å². The molecule has 2 rings (SSSR count). The van der Waals surface area contributed by atoms with Crippen LogP contribution in [0.2, 0.25) is 0 Å². The molecule has 0 bridgehead atoms. The highest BCUT2D eigenvalue weighted by Gasteiger charge is 2.19. The Bertz CT molecular complexity index is 464. The van der Waals surface area contributed by atoms with Crippen LogP contribution in [0.15, 0.2) is 16.8 Å². The Morgan fingerprint density at radius 3 is 2.86 bits per heavy atom. The van der Waals surface area contributed by atoms with Gasteiger partial charge in [0.2, 0.25) is 0 Å². The van der Waals surface area contributed by atoms with Gasteiger partial charge in [0.1, 0.15) is 0 Å². The number of hydrogen-bond donors (Lipinski definition) is 2. The molecular weight excluding hydrogens is 290 g/mol. The molecule has 0 saturated carbocycles. The Labute approximate surface area is 128 Å². The first-order chi connectivity index (χ1) is 10.1. The van der Waals surface area contributed by atoms with Gasteiger partial charge in [0.15, 0.2) is 0 Å². The average molecular weight is 311 g/mol. The number of thiophene rings is 1. The third kappa shape index (κ3) is 5.35. The van der Waals surface area contributed by atoms with Crippen LogP contribution in [0.4, 0.5) is 4.79 Å². The molecule has 2 heterocycles. The molecule has 1 fully saturated rings. The summed E-state index contributed by atoms with van der Waals surface area (Å²) in [6.07, 6.45) is 1.65. The lowest BCUT2D eigenvalue weighted by Crippen LogP contribution is -2.43. The molecule has 21 heavy (non-hydrogen) atoms. The van der Waals surface area contributed by atoms with Crippen molar-refractivity contribution >= 4 is 23.3 Å². The number of amides is 2. The second-order valence-electron chi connectivity index (χ2n) is 5.12. The highest BCUT2D eigenvalue weighted by Crippen LogP contribution is 2.06. The molecule has 0 atom stereocenters. The van der Waals surface area contributed by atoms with Crippen LogP contribution in [0.5, 0.6) is 0 Å². The molecule has 0 unspecified atom stereocenters. The van der Waals surface area contributed by atoms with Gasteiger partial charge in [-0.15, -0.1) is 0 Å². The zero-order valence-electron chi connectivity index (χ0n) is 12.0. The number of hydrogen-bond acceptors (Lipinski definition) is 4. The van der Waals surface area contributed by atoms with Gasteiger partial charge < -0.3 is 15.3 Å². The molecule has 2 N–H and O–H groups in total. The first-order valence-corrected chi connectivity index (χ1v) is 8.07. The Morgan fingerprint density at radius 2 is 2.14 bits per heavy atom. The minimum absolute atomic E-state index is 0.0492. The fraction of sp³-hybridized carbons (Fsp3) is 0.571. The van der Waals surface area contributed by atoms with E-state index in [0.717, 1.165) is 19.4 Å². The number of urea groups is 1. The van der Waals surface area contributed by atoms with E-state index in [1.165, 1.54) is 5.56 Å². The molecule has 1 aliphatic rings. The summed E-state index contributed by atoms with van der Waals surface area (Å²) in [5.41, 5.74) is 1.24. The Hall–Kier alpha value is -1.60. The fourth-order valence-electron chi connectivity index (χ4n) is 2.38. The summed E-state index contributed by atoms with van der Waals surface area (Å²) in [5.74, 6) is -0.816. The van der Waals surface area contributed by atoms with Gasteiger partial charge in [-0.2, -0.15) is 11.3 Å². The third-order valence-electron chi connectivity index (χ3n) is 3.50. The van der Waals surface area contributed by atoms with E-state index in [1.54, 1.807) is 16.2 Å². The van der Waals surface area contributed by atoms with Crippen LogP contribution >= 0.6 is 11.3 Å². The molecule has 7 heteroatoms. The number of carboxylic acids is 1. The molecule has 0 aromatic carbocycles. The molecule has 0 spiro atoms. The molecule has 0 aliphatic carbocycles. The highest BCUT2D eigenvalue weighted by atomic mass is 32.1. The maximum atomic E-state index is 12.1. The highest BCUT2D eigenvalue weighted by molar-refractivity contribution is 7.07. The normalized spacial score (nSPS) is 16.5. The second-order valence-corrected chi connectivity index (χ2v) is 5.90. The third-order valence-corrected chi connectivity index (χ3v) is 4.24. The van der Waals surface area contributed by atoms with Crippen LogP contribution in [0, 0.1) is 0 Å². The second kappa shape index (κ2) is 7.99. The Balaban J connectivity index is 1.71. The summed E-state index contributed by atoms with van der Waals surface area (Å²) < 4.78 is 0. The summed E-state index contributed by atoms with van der Waals surface area (Å²) in [5, 5.41) is 15.9. The van der Waals surface area contributed by atoms with Crippen molar-refractivity contribution in [2.75, 3.05) is 39.3 Å². The van der Waals surface area contributed by atoms with Crippen LogP contribution in [-0.2, 0) is 11.2 Å². The number of carbonyl (C=O) groups excluding carboxylic acids is 1. The minimum atomic E-state index is -0.816. The van der Waals surface area contributed by atoms with E-state index in [4.69, 9.17) is 5.11 Å². The average Bonchev–Trinajstić information content (AvgIpc) is 2.84. The van der Waals surface area contributed by atoms with Crippen LogP contribution in [-0.4, -0.2) is 66.2 Å². The molecule has 1 aliphatic heterocycles. The van der Waals surface area contributed by atoms with E-state index in [1.807, 2.05) is 10.3 Å². The lowest BCUT2D eigenvalue weighted by atomic mass is 10.2. The van der Waals surface area contributed by atoms with Gasteiger partial charge >= 0.3 is 12.0 Å². The van der Waals surface area contributed by atoms with Crippen molar-refractivity contribution in [2.24, 2.45) is 0 Å². The largest absolute Gasteiger partial charge is 0.480 e. The number of carboxylic acid groups (broad SMARTS) is 1. The van der Waals surface area contributed by atoms with Crippen molar-refractivity contribution in [3.8, 4) is 0 Å². The van der Waals surface area contributed by atoms with Crippen molar-refractivity contribution in [1.82, 2.24) is 15.1 Å². The van der Waals surface area contributed by atoms with Gasteiger partial charge in [0.25, 0.3) is 0 Å². The van der Waals surface area contributed by atoms with Crippen molar-refractivity contribution < 1.29 is 14.7 Å². The van der Waals surface area contributed by atoms with E-state index in [0.29, 0.717) is 26.2 Å². The van der Waals surface area contributed by atoms with E-state index < -0.39 is 5.97 Å². The molecular formula is C14H21N3O3S. The summed E-state index contributed by atoms with van der Waals surface area (Å²) in [6, 6.07) is 2.01. The lowest BCUT2D eigenvalue weighted by molar-refractivity contribution is -0.138. The standard InChI is InChI=1S/C14H21N3O3S/c18-13(19)10-16-5-1-6-17(8-7-16)14(20)15-4-2-12-3-9-21-11-12/h3,9,11H,1-2,4-8,10H2,(H,15,20)(H,18,19).